The molecule has 2 unspecified atom stereocenters. The minimum Gasteiger partial charge on any atom is -0.465 e. The van der Waals surface area contributed by atoms with Gasteiger partial charge >= 0.3 is 5.97 Å². The number of rotatable bonds is 10. The third-order valence-electron chi connectivity index (χ3n) is 4.75. The summed E-state index contributed by atoms with van der Waals surface area (Å²) in [7, 11) is 1.36. The van der Waals surface area contributed by atoms with Crippen LogP contribution in [0.15, 0.2) is 5.38 Å². The average Bonchev–Trinajstić information content (AvgIpc) is 2.92. The highest BCUT2D eigenvalue weighted by molar-refractivity contribution is 7.12. The number of methoxy groups -OCH3 is 1. The predicted octanol–water partition coefficient (Wildman–Crippen LogP) is 5.66. The highest BCUT2D eigenvalue weighted by Crippen LogP contribution is 2.28. The largest absolute Gasteiger partial charge is 0.465 e. The third-order valence-corrected chi connectivity index (χ3v) is 5.87. The van der Waals surface area contributed by atoms with E-state index in [4.69, 9.17) is 4.74 Å². The van der Waals surface area contributed by atoms with E-state index in [0.29, 0.717) is 22.8 Å². The maximum absolute atomic E-state index is 12.4. The number of hydrogen-bond donors (Lipinski definition) is 0. The van der Waals surface area contributed by atoms with Crippen molar-refractivity contribution in [3.63, 3.8) is 0 Å². The van der Waals surface area contributed by atoms with Crippen LogP contribution in [0, 0.1) is 18.8 Å². The van der Waals surface area contributed by atoms with Gasteiger partial charge in [0, 0.05) is 11.8 Å². The summed E-state index contributed by atoms with van der Waals surface area (Å²) in [5.41, 5.74) is 1.28. The van der Waals surface area contributed by atoms with E-state index in [9.17, 15) is 9.59 Å². The Labute approximate surface area is 144 Å². The summed E-state index contributed by atoms with van der Waals surface area (Å²) in [6.07, 6.45) is 6.27. The zero-order valence-electron chi connectivity index (χ0n) is 15.1. The normalized spacial score (nSPS) is 13.6. The molecule has 1 aromatic rings. The monoisotopic (exact) mass is 338 g/mol. The Morgan fingerprint density at radius 3 is 2.52 bits per heavy atom. The lowest BCUT2D eigenvalue weighted by Crippen LogP contribution is -2.11. The van der Waals surface area contributed by atoms with Gasteiger partial charge in [0.2, 0.25) is 0 Å². The van der Waals surface area contributed by atoms with Crippen molar-refractivity contribution in [2.45, 2.75) is 66.2 Å². The Morgan fingerprint density at radius 1 is 1.26 bits per heavy atom. The number of hydrogen-bond acceptors (Lipinski definition) is 4. The predicted molar refractivity (Wildman–Crippen MR) is 96.4 cm³/mol. The third kappa shape index (κ3) is 5.45. The quantitative estimate of drug-likeness (QED) is 0.408. The zero-order valence-corrected chi connectivity index (χ0v) is 15.9. The molecule has 0 aromatic carbocycles. The van der Waals surface area contributed by atoms with E-state index in [1.807, 2.05) is 6.92 Å². The number of Topliss-reactive ketones (excluding diaryl/α,β-unsaturated/α-hetero) is 1. The van der Waals surface area contributed by atoms with Crippen LogP contribution in [0.1, 0.15) is 84.9 Å². The van der Waals surface area contributed by atoms with Crippen molar-refractivity contribution in [2.75, 3.05) is 7.11 Å². The number of ketones is 1. The summed E-state index contributed by atoms with van der Waals surface area (Å²) in [4.78, 5) is 24.7. The molecule has 23 heavy (non-hydrogen) atoms. The second-order valence-electron chi connectivity index (χ2n) is 6.34. The summed E-state index contributed by atoms with van der Waals surface area (Å²) in [6, 6.07) is 0. The topological polar surface area (TPSA) is 43.4 Å². The van der Waals surface area contributed by atoms with Crippen molar-refractivity contribution in [3.8, 4) is 0 Å². The van der Waals surface area contributed by atoms with E-state index in [-0.39, 0.29) is 11.8 Å². The van der Waals surface area contributed by atoms with Gasteiger partial charge in [-0.15, -0.1) is 11.3 Å². The van der Waals surface area contributed by atoms with Crippen LogP contribution in [0.2, 0.25) is 0 Å². The van der Waals surface area contributed by atoms with Crippen LogP contribution in [0.5, 0.6) is 0 Å². The van der Waals surface area contributed by atoms with Gasteiger partial charge in [-0.1, -0.05) is 40.0 Å². The van der Waals surface area contributed by atoms with Crippen molar-refractivity contribution in [1.29, 1.82) is 0 Å². The molecule has 0 fully saturated rings. The maximum Gasteiger partial charge on any atom is 0.338 e. The zero-order chi connectivity index (χ0) is 17.4. The standard InChI is InChI=1S/C19H30O3S/c1-6-9-13(3)15(7-2)10-8-11-17(20)18-14(4)16(12-23-18)19(21)22-5/h12-13,15H,6-11H2,1-5H3. The first kappa shape index (κ1) is 19.9. The minimum absolute atomic E-state index is 0.153. The van der Waals surface area contributed by atoms with Crippen molar-refractivity contribution >= 4 is 23.1 Å². The minimum atomic E-state index is -0.364. The van der Waals surface area contributed by atoms with Crippen LogP contribution < -0.4 is 0 Å². The molecule has 4 heteroatoms. The molecular formula is C19H30O3S. The van der Waals surface area contributed by atoms with E-state index in [0.717, 1.165) is 24.3 Å². The molecule has 0 spiro atoms. The molecule has 0 aliphatic rings. The molecule has 0 radical (unpaired) electrons. The molecule has 130 valence electrons. The average molecular weight is 339 g/mol. The smallest absolute Gasteiger partial charge is 0.338 e. The Kier molecular flexibility index (Phi) is 8.53. The summed E-state index contributed by atoms with van der Waals surface area (Å²) >= 11 is 1.36. The lowest BCUT2D eigenvalue weighted by atomic mass is 9.84. The van der Waals surface area contributed by atoms with Gasteiger partial charge in [-0.25, -0.2) is 4.79 Å². The molecule has 3 nitrogen and oxygen atoms in total. The van der Waals surface area contributed by atoms with Crippen LogP contribution in [0.3, 0.4) is 0 Å². The lowest BCUT2D eigenvalue weighted by Gasteiger charge is -2.22. The molecule has 0 saturated heterocycles. The van der Waals surface area contributed by atoms with Crippen molar-refractivity contribution in [2.24, 2.45) is 11.8 Å². The molecule has 2 atom stereocenters. The molecule has 0 amide bonds. The number of thiophene rings is 1. The van der Waals surface area contributed by atoms with E-state index < -0.39 is 0 Å². The first-order valence-corrected chi connectivity index (χ1v) is 9.53. The van der Waals surface area contributed by atoms with Crippen molar-refractivity contribution < 1.29 is 14.3 Å². The van der Waals surface area contributed by atoms with Gasteiger partial charge in [-0.05, 0) is 37.2 Å². The summed E-state index contributed by atoms with van der Waals surface area (Å²) in [5.74, 6) is 1.23. The number of esters is 1. The highest BCUT2D eigenvalue weighted by Gasteiger charge is 2.20. The van der Waals surface area contributed by atoms with Crippen LogP contribution in [0.25, 0.3) is 0 Å². The van der Waals surface area contributed by atoms with Crippen molar-refractivity contribution in [1.82, 2.24) is 0 Å². The number of ether oxygens (including phenoxy) is 1. The Balaban J connectivity index is 2.57. The molecule has 0 bridgehead atoms. The summed E-state index contributed by atoms with van der Waals surface area (Å²) in [5, 5.41) is 1.73. The van der Waals surface area contributed by atoms with E-state index in [1.165, 1.54) is 37.7 Å². The van der Waals surface area contributed by atoms with Gasteiger partial charge in [0.1, 0.15) is 0 Å². The highest BCUT2D eigenvalue weighted by atomic mass is 32.1. The van der Waals surface area contributed by atoms with Crippen LogP contribution in [-0.4, -0.2) is 18.9 Å². The van der Waals surface area contributed by atoms with Gasteiger partial charge in [0.05, 0.1) is 17.6 Å². The van der Waals surface area contributed by atoms with Crippen LogP contribution in [0.4, 0.5) is 0 Å². The van der Waals surface area contributed by atoms with Crippen LogP contribution >= 0.6 is 11.3 Å². The second-order valence-corrected chi connectivity index (χ2v) is 7.22. The first-order valence-electron chi connectivity index (χ1n) is 8.65. The van der Waals surface area contributed by atoms with E-state index >= 15 is 0 Å². The van der Waals surface area contributed by atoms with Gasteiger partial charge in [-0.3, -0.25) is 4.79 Å². The Bertz CT molecular complexity index is 519. The van der Waals surface area contributed by atoms with Gasteiger partial charge < -0.3 is 4.74 Å². The SMILES string of the molecule is CCCC(C)C(CC)CCCC(=O)c1scc(C(=O)OC)c1C. The van der Waals surface area contributed by atoms with Gasteiger partial charge in [0.25, 0.3) is 0 Å². The molecule has 1 rings (SSSR count). The summed E-state index contributed by atoms with van der Waals surface area (Å²) in [6.45, 7) is 8.62. The lowest BCUT2D eigenvalue weighted by molar-refractivity contribution is 0.0600. The first-order chi connectivity index (χ1) is 11.0. The molecule has 1 aromatic heterocycles. The fraction of sp³-hybridized carbons (Fsp3) is 0.684. The van der Waals surface area contributed by atoms with E-state index in [1.54, 1.807) is 5.38 Å². The van der Waals surface area contributed by atoms with Gasteiger partial charge in [0.15, 0.2) is 5.78 Å². The molecule has 0 N–H and O–H groups in total. The fourth-order valence-electron chi connectivity index (χ4n) is 3.22. The number of carbonyl (C=O) groups is 2. The fourth-order valence-corrected chi connectivity index (χ4v) is 4.25. The number of carbonyl (C=O) groups excluding carboxylic acids is 2. The molecule has 1 heterocycles. The maximum atomic E-state index is 12.4. The Morgan fingerprint density at radius 2 is 1.96 bits per heavy atom. The Hall–Kier alpha value is -1.16. The molecular weight excluding hydrogens is 308 g/mol. The summed E-state index contributed by atoms with van der Waals surface area (Å²) < 4.78 is 4.74. The van der Waals surface area contributed by atoms with Crippen molar-refractivity contribution in [3.05, 3.63) is 21.4 Å². The molecule has 0 aliphatic carbocycles. The second kappa shape index (κ2) is 9.86. The van der Waals surface area contributed by atoms with E-state index in [2.05, 4.69) is 20.8 Å². The van der Waals surface area contributed by atoms with Gasteiger partial charge in [-0.2, -0.15) is 0 Å². The van der Waals surface area contributed by atoms with Crippen LogP contribution in [-0.2, 0) is 4.74 Å². The molecule has 0 saturated carbocycles. The molecule has 0 aliphatic heterocycles.